The lowest BCUT2D eigenvalue weighted by molar-refractivity contribution is 0.950. The molecule has 102 valence electrons. The van der Waals surface area contributed by atoms with Gasteiger partial charge in [0.2, 0.25) is 5.43 Å². The second-order valence-corrected chi connectivity index (χ2v) is 5.31. The van der Waals surface area contributed by atoms with E-state index in [-0.39, 0.29) is 11.0 Å². The zero-order valence-electron chi connectivity index (χ0n) is 11.4. The largest absolute Gasteiger partial charge is 0.303 e. The van der Waals surface area contributed by atoms with E-state index in [1.54, 1.807) is 6.07 Å². The third-order valence-electron chi connectivity index (χ3n) is 3.35. The molecule has 0 unspecified atom stereocenters. The van der Waals surface area contributed by atoms with E-state index in [0.717, 1.165) is 11.2 Å². The monoisotopic (exact) mass is 292 g/mol. The molecule has 0 aliphatic carbocycles. The average molecular weight is 292 g/mol. The van der Waals surface area contributed by atoms with Gasteiger partial charge in [-0.15, -0.1) is 11.8 Å². The Morgan fingerprint density at radius 3 is 2.38 bits per heavy atom. The first-order valence-electron chi connectivity index (χ1n) is 6.45. The van der Waals surface area contributed by atoms with Crippen molar-refractivity contribution in [3.05, 3.63) is 70.4 Å². The first kappa shape index (κ1) is 13.5. The highest BCUT2D eigenvalue weighted by Crippen LogP contribution is 2.27. The Morgan fingerprint density at radius 2 is 1.71 bits per heavy atom. The van der Waals surface area contributed by atoms with Crippen LogP contribution in [0.3, 0.4) is 0 Å². The molecule has 0 aliphatic rings. The van der Waals surface area contributed by atoms with Crippen LogP contribution < -0.4 is 5.43 Å². The molecule has 3 aromatic rings. The Morgan fingerprint density at radius 1 is 1.05 bits per heavy atom. The number of hydrogen-bond acceptors (Lipinski definition) is 3. The first-order chi connectivity index (χ1) is 10.3. The molecule has 4 heteroatoms. The molecular weight excluding hydrogens is 280 g/mol. The summed E-state index contributed by atoms with van der Waals surface area (Å²) in [4.78, 5) is 12.5. The molecule has 0 bridgehead atoms. The Balaban J connectivity index is 2.56. The third kappa shape index (κ3) is 2.12. The summed E-state index contributed by atoms with van der Waals surface area (Å²) in [6.45, 7) is 0. The fraction of sp³-hybridized carbons (Fsp3) is 0.0588. The first-order valence-corrected chi connectivity index (χ1v) is 7.67. The smallest absolute Gasteiger partial charge is 0.208 e. The summed E-state index contributed by atoms with van der Waals surface area (Å²) in [6.07, 6.45) is 1.88. The summed E-state index contributed by atoms with van der Waals surface area (Å²) in [6, 6.07) is 19.2. The maximum absolute atomic E-state index is 12.5. The quantitative estimate of drug-likeness (QED) is 0.678. The molecule has 0 amide bonds. The number of aromatic nitrogens is 1. The van der Waals surface area contributed by atoms with E-state index in [1.165, 1.54) is 11.8 Å². The van der Waals surface area contributed by atoms with Crippen molar-refractivity contribution in [2.75, 3.05) is 6.26 Å². The van der Waals surface area contributed by atoms with Crippen LogP contribution in [-0.4, -0.2) is 10.8 Å². The summed E-state index contributed by atoms with van der Waals surface area (Å²) in [7, 11) is 0. The number of para-hydroxylation sites is 2. The zero-order chi connectivity index (χ0) is 14.8. The van der Waals surface area contributed by atoms with Crippen molar-refractivity contribution in [3.63, 3.8) is 0 Å². The van der Waals surface area contributed by atoms with Crippen molar-refractivity contribution >= 4 is 22.7 Å². The van der Waals surface area contributed by atoms with Crippen molar-refractivity contribution in [2.45, 2.75) is 5.03 Å². The van der Waals surface area contributed by atoms with Crippen molar-refractivity contribution in [2.24, 2.45) is 0 Å². The predicted octanol–water partition coefficient (Wildman–Crippen LogP) is 3.58. The number of fused-ring (bicyclic) bond motifs is 1. The number of hydrogen-bond donors (Lipinski definition) is 0. The number of benzene rings is 2. The summed E-state index contributed by atoms with van der Waals surface area (Å²) in [5.41, 5.74) is 1.75. The van der Waals surface area contributed by atoms with Crippen LogP contribution in [0.1, 0.15) is 5.56 Å². The molecule has 0 spiro atoms. The highest BCUT2D eigenvalue weighted by atomic mass is 32.2. The highest BCUT2D eigenvalue weighted by Gasteiger charge is 2.16. The number of rotatable bonds is 2. The Hall–Kier alpha value is -2.51. The van der Waals surface area contributed by atoms with E-state index in [4.69, 9.17) is 0 Å². The average Bonchev–Trinajstić information content (AvgIpc) is 2.55. The highest BCUT2D eigenvalue weighted by molar-refractivity contribution is 7.98. The van der Waals surface area contributed by atoms with E-state index in [2.05, 4.69) is 6.07 Å². The Labute approximate surface area is 126 Å². The van der Waals surface area contributed by atoms with E-state index >= 15 is 0 Å². The van der Waals surface area contributed by atoms with Gasteiger partial charge in [-0.05, 0) is 30.5 Å². The van der Waals surface area contributed by atoms with Crippen molar-refractivity contribution in [1.29, 1.82) is 5.26 Å². The van der Waals surface area contributed by atoms with Gasteiger partial charge in [0.15, 0.2) is 0 Å². The molecule has 0 radical (unpaired) electrons. The van der Waals surface area contributed by atoms with Gasteiger partial charge < -0.3 is 4.57 Å². The lowest BCUT2D eigenvalue weighted by Gasteiger charge is -2.16. The van der Waals surface area contributed by atoms with E-state index in [9.17, 15) is 10.1 Å². The fourth-order valence-electron chi connectivity index (χ4n) is 2.44. The van der Waals surface area contributed by atoms with Crippen LogP contribution in [0, 0.1) is 11.3 Å². The minimum atomic E-state index is -0.204. The maximum atomic E-state index is 12.5. The summed E-state index contributed by atoms with van der Waals surface area (Å²) in [5.74, 6) is 0. The molecule has 0 fully saturated rings. The lowest BCUT2D eigenvalue weighted by atomic mass is 10.1. The molecule has 21 heavy (non-hydrogen) atoms. The van der Waals surface area contributed by atoms with E-state index in [1.807, 2.05) is 59.4 Å². The number of nitrogens with zero attached hydrogens (tertiary/aromatic N) is 2. The standard InChI is InChI=1S/C17H12N2OS/c1-21-17-14(11-18)16(20)13-9-5-6-10-15(13)19(17)12-7-3-2-4-8-12/h2-10H,1H3. The summed E-state index contributed by atoms with van der Waals surface area (Å²) in [5, 5.41) is 10.6. The van der Waals surface area contributed by atoms with Crippen LogP contribution in [-0.2, 0) is 0 Å². The van der Waals surface area contributed by atoms with Gasteiger partial charge in [-0.2, -0.15) is 5.26 Å². The van der Waals surface area contributed by atoms with Gasteiger partial charge in [-0.1, -0.05) is 30.3 Å². The molecule has 2 aromatic carbocycles. The third-order valence-corrected chi connectivity index (χ3v) is 4.13. The maximum Gasteiger partial charge on any atom is 0.208 e. The van der Waals surface area contributed by atoms with Crippen molar-refractivity contribution < 1.29 is 0 Å². The SMILES string of the molecule is CSc1c(C#N)c(=O)c2ccccc2n1-c1ccccc1. The number of nitriles is 1. The van der Waals surface area contributed by atoms with Gasteiger partial charge >= 0.3 is 0 Å². The van der Waals surface area contributed by atoms with Crippen LogP contribution in [0.4, 0.5) is 0 Å². The molecule has 1 heterocycles. The van der Waals surface area contributed by atoms with Gasteiger partial charge in [0.25, 0.3) is 0 Å². The topological polar surface area (TPSA) is 45.8 Å². The van der Waals surface area contributed by atoms with E-state index in [0.29, 0.717) is 10.4 Å². The van der Waals surface area contributed by atoms with E-state index < -0.39 is 0 Å². The van der Waals surface area contributed by atoms with Gasteiger partial charge in [0.1, 0.15) is 16.7 Å². The molecule has 1 aromatic heterocycles. The zero-order valence-corrected chi connectivity index (χ0v) is 12.2. The van der Waals surface area contributed by atoms with Crippen molar-refractivity contribution in [3.8, 4) is 11.8 Å². The van der Waals surface area contributed by atoms with Gasteiger partial charge in [0.05, 0.1) is 5.52 Å². The van der Waals surface area contributed by atoms with Crippen LogP contribution in [0.2, 0.25) is 0 Å². The Bertz CT molecular complexity index is 908. The molecule has 3 nitrogen and oxygen atoms in total. The number of pyridine rings is 1. The molecule has 0 saturated heterocycles. The molecule has 0 saturated carbocycles. The van der Waals surface area contributed by atoms with Crippen LogP contribution in [0.15, 0.2) is 64.4 Å². The fourth-order valence-corrected chi connectivity index (χ4v) is 3.17. The normalized spacial score (nSPS) is 10.5. The summed E-state index contributed by atoms with van der Waals surface area (Å²) >= 11 is 1.41. The predicted molar refractivity (Wildman–Crippen MR) is 86.0 cm³/mol. The van der Waals surface area contributed by atoms with Gasteiger partial charge in [-0.3, -0.25) is 4.79 Å². The van der Waals surface area contributed by atoms with Crippen LogP contribution >= 0.6 is 11.8 Å². The van der Waals surface area contributed by atoms with Crippen LogP contribution in [0.25, 0.3) is 16.6 Å². The molecular formula is C17H12N2OS. The van der Waals surface area contributed by atoms with Gasteiger partial charge in [0, 0.05) is 11.1 Å². The van der Waals surface area contributed by atoms with Crippen LogP contribution in [0.5, 0.6) is 0 Å². The minimum absolute atomic E-state index is 0.199. The van der Waals surface area contributed by atoms with Crippen molar-refractivity contribution in [1.82, 2.24) is 4.57 Å². The molecule has 0 aliphatic heterocycles. The van der Waals surface area contributed by atoms with Gasteiger partial charge in [-0.25, -0.2) is 0 Å². The minimum Gasteiger partial charge on any atom is -0.303 e. The summed E-state index contributed by atoms with van der Waals surface area (Å²) < 4.78 is 1.97. The Kier molecular flexibility index (Phi) is 3.51. The number of thioether (sulfide) groups is 1. The second kappa shape index (κ2) is 5.47. The molecule has 0 N–H and O–H groups in total. The molecule has 3 rings (SSSR count). The lowest BCUT2D eigenvalue weighted by Crippen LogP contribution is -2.15. The second-order valence-electron chi connectivity index (χ2n) is 4.51. The molecule has 0 atom stereocenters.